The van der Waals surface area contributed by atoms with Gasteiger partial charge in [-0.15, -0.1) is 0 Å². The summed E-state index contributed by atoms with van der Waals surface area (Å²) in [4.78, 5) is 12.8. The smallest absolute Gasteiger partial charge is 0.171 e. The van der Waals surface area contributed by atoms with Crippen molar-refractivity contribution in [1.82, 2.24) is 24.6 Å². The lowest BCUT2D eigenvalue weighted by Gasteiger charge is -2.21. The zero-order chi connectivity index (χ0) is 23.9. The Hall–Kier alpha value is -4.23. The molecule has 10 nitrogen and oxygen atoms in total. The number of nitrogens with zero attached hydrogens (tertiary/aromatic N) is 6. The van der Waals surface area contributed by atoms with Gasteiger partial charge in [-0.2, -0.15) is 10.4 Å². The van der Waals surface area contributed by atoms with Crippen molar-refractivity contribution in [1.29, 1.82) is 5.26 Å². The van der Waals surface area contributed by atoms with Crippen LogP contribution >= 0.6 is 0 Å². The van der Waals surface area contributed by atoms with E-state index in [-0.39, 0.29) is 17.1 Å². The average molecular weight is 444 g/mol. The molecule has 0 radical (unpaired) electrons. The van der Waals surface area contributed by atoms with E-state index in [9.17, 15) is 15.5 Å². The van der Waals surface area contributed by atoms with Gasteiger partial charge in [0, 0.05) is 17.3 Å². The minimum absolute atomic E-state index is 0.00377. The number of rotatable bonds is 5. The van der Waals surface area contributed by atoms with Crippen LogP contribution in [0.15, 0.2) is 36.8 Å². The lowest BCUT2D eigenvalue weighted by Crippen LogP contribution is -2.17. The van der Waals surface area contributed by atoms with Crippen molar-refractivity contribution in [2.45, 2.75) is 39.3 Å². The standard InChI is InChI=1S/C23H24N8O2/c1-12-7-8-31-19(12)18(14-5-6-17(32)16(9-14)23(3,4)33)29-21(30-31)13(2)28-22-15(10-24)20(25)26-11-27-22/h5-9,11,13,32-33H,1-4H3,(H3,25,26,27,28)/t13-/m0/s1. The summed E-state index contributed by atoms with van der Waals surface area (Å²) >= 11 is 0. The molecule has 0 fully saturated rings. The van der Waals surface area contributed by atoms with Crippen molar-refractivity contribution < 1.29 is 10.2 Å². The largest absolute Gasteiger partial charge is 0.508 e. The van der Waals surface area contributed by atoms with Crippen LogP contribution in [0.2, 0.25) is 0 Å². The van der Waals surface area contributed by atoms with Gasteiger partial charge in [0.25, 0.3) is 0 Å². The van der Waals surface area contributed by atoms with Gasteiger partial charge in [-0.05, 0) is 57.5 Å². The summed E-state index contributed by atoms with van der Waals surface area (Å²) in [6, 6.07) is 8.54. The van der Waals surface area contributed by atoms with E-state index in [2.05, 4.69) is 20.4 Å². The SMILES string of the molecule is Cc1ccn2nc([C@H](C)Nc3ncnc(N)c3C#N)nc(-c3ccc(O)c(C(C)(C)O)c3)c12. The number of aromatic nitrogens is 5. The highest BCUT2D eigenvalue weighted by atomic mass is 16.3. The zero-order valence-corrected chi connectivity index (χ0v) is 18.7. The van der Waals surface area contributed by atoms with Crippen molar-refractivity contribution in [2.24, 2.45) is 0 Å². The number of nitrogens with one attached hydrogen (secondary N) is 1. The van der Waals surface area contributed by atoms with Crippen LogP contribution in [-0.4, -0.2) is 34.8 Å². The van der Waals surface area contributed by atoms with Crippen LogP contribution < -0.4 is 11.1 Å². The summed E-state index contributed by atoms with van der Waals surface area (Å²) in [7, 11) is 0. The molecule has 4 aromatic rings. The maximum absolute atomic E-state index is 10.5. The van der Waals surface area contributed by atoms with Crippen LogP contribution in [0.25, 0.3) is 16.8 Å². The van der Waals surface area contributed by atoms with Crippen molar-refractivity contribution in [3.8, 4) is 23.1 Å². The second-order valence-corrected chi connectivity index (χ2v) is 8.36. The molecule has 33 heavy (non-hydrogen) atoms. The molecular weight excluding hydrogens is 420 g/mol. The van der Waals surface area contributed by atoms with E-state index in [0.717, 1.165) is 16.6 Å². The first-order chi connectivity index (χ1) is 15.6. The van der Waals surface area contributed by atoms with E-state index in [0.29, 0.717) is 22.9 Å². The van der Waals surface area contributed by atoms with Gasteiger partial charge in [-0.25, -0.2) is 19.5 Å². The maximum Gasteiger partial charge on any atom is 0.171 e. The molecule has 5 N–H and O–H groups in total. The molecule has 1 atom stereocenters. The molecule has 3 aromatic heterocycles. The Kier molecular flexibility index (Phi) is 5.35. The number of anilines is 2. The number of aryl methyl sites for hydroxylation is 1. The summed E-state index contributed by atoms with van der Waals surface area (Å²) in [5, 5.41) is 37.9. The van der Waals surface area contributed by atoms with Gasteiger partial charge < -0.3 is 21.3 Å². The molecule has 10 heteroatoms. The fourth-order valence-corrected chi connectivity index (χ4v) is 3.64. The first-order valence-corrected chi connectivity index (χ1v) is 10.3. The monoisotopic (exact) mass is 444 g/mol. The van der Waals surface area contributed by atoms with Crippen molar-refractivity contribution in [2.75, 3.05) is 11.1 Å². The Labute approximate surface area is 190 Å². The number of hydrogen-bond donors (Lipinski definition) is 4. The highest BCUT2D eigenvalue weighted by Crippen LogP contribution is 2.35. The average Bonchev–Trinajstić information content (AvgIpc) is 3.13. The van der Waals surface area contributed by atoms with E-state index < -0.39 is 11.6 Å². The maximum atomic E-state index is 10.5. The van der Waals surface area contributed by atoms with Crippen LogP contribution in [0.3, 0.4) is 0 Å². The zero-order valence-electron chi connectivity index (χ0n) is 18.7. The van der Waals surface area contributed by atoms with Crippen LogP contribution in [0, 0.1) is 18.3 Å². The van der Waals surface area contributed by atoms with Crippen LogP contribution in [0.4, 0.5) is 11.6 Å². The quantitative estimate of drug-likeness (QED) is 0.363. The summed E-state index contributed by atoms with van der Waals surface area (Å²) < 4.78 is 1.74. The van der Waals surface area contributed by atoms with Gasteiger partial charge in [-0.1, -0.05) is 0 Å². The minimum Gasteiger partial charge on any atom is -0.508 e. The summed E-state index contributed by atoms with van der Waals surface area (Å²) in [6.45, 7) is 7.03. The van der Waals surface area contributed by atoms with E-state index in [1.165, 1.54) is 6.33 Å². The third-order valence-corrected chi connectivity index (χ3v) is 5.39. The Bertz CT molecular complexity index is 1400. The van der Waals surface area contributed by atoms with Gasteiger partial charge in [-0.3, -0.25) is 0 Å². The number of nitrogen functional groups attached to an aromatic ring is 1. The van der Waals surface area contributed by atoms with E-state index in [1.54, 1.807) is 36.6 Å². The molecule has 0 saturated carbocycles. The van der Waals surface area contributed by atoms with Crippen LogP contribution in [-0.2, 0) is 5.60 Å². The van der Waals surface area contributed by atoms with Crippen molar-refractivity contribution in [3.05, 3.63) is 59.3 Å². The number of aromatic hydroxyl groups is 1. The fourth-order valence-electron chi connectivity index (χ4n) is 3.64. The number of phenols is 1. The summed E-state index contributed by atoms with van der Waals surface area (Å²) in [5.41, 5.74) is 8.25. The normalized spacial score (nSPS) is 12.5. The highest BCUT2D eigenvalue weighted by molar-refractivity contribution is 5.80. The van der Waals surface area contributed by atoms with Gasteiger partial charge in [0.1, 0.15) is 35.3 Å². The number of aliphatic hydroxyl groups is 1. The third-order valence-electron chi connectivity index (χ3n) is 5.39. The second kappa shape index (κ2) is 8.03. The molecule has 0 spiro atoms. The lowest BCUT2D eigenvalue weighted by atomic mass is 9.94. The third kappa shape index (κ3) is 4.02. The molecule has 0 unspecified atom stereocenters. The molecule has 0 saturated heterocycles. The number of hydrogen-bond acceptors (Lipinski definition) is 9. The molecule has 168 valence electrons. The van der Waals surface area contributed by atoms with Gasteiger partial charge >= 0.3 is 0 Å². The van der Waals surface area contributed by atoms with E-state index in [1.807, 2.05) is 32.2 Å². The Balaban J connectivity index is 1.84. The fraction of sp³-hybridized carbons (Fsp3) is 0.261. The van der Waals surface area contributed by atoms with Gasteiger partial charge in [0.2, 0.25) is 0 Å². The summed E-state index contributed by atoms with van der Waals surface area (Å²) in [5.74, 6) is 0.833. The highest BCUT2D eigenvalue weighted by Gasteiger charge is 2.23. The van der Waals surface area contributed by atoms with E-state index in [4.69, 9.17) is 10.7 Å². The Morgan fingerprint density at radius 1 is 1.24 bits per heavy atom. The predicted molar refractivity (Wildman–Crippen MR) is 123 cm³/mol. The topological polar surface area (TPSA) is 158 Å². The Morgan fingerprint density at radius 3 is 2.70 bits per heavy atom. The number of benzene rings is 1. The number of nitriles is 1. The molecule has 1 aromatic carbocycles. The minimum atomic E-state index is -1.24. The first kappa shape index (κ1) is 22.0. The number of fused-ring (bicyclic) bond motifs is 1. The number of nitrogens with two attached hydrogens (primary N) is 1. The molecule has 0 aliphatic heterocycles. The van der Waals surface area contributed by atoms with Crippen molar-refractivity contribution in [3.63, 3.8) is 0 Å². The molecule has 0 aliphatic carbocycles. The van der Waals surface area contributed by atoms with Crippen LogP contribution in [0.1, 0.15) is 49.3 Å². The molecular formula is C23H24N8O2. The van der Waals surface area contributed by atoms with Crippen molar-refractivity contribution >= 4 is 17.2 Å². The molecule has 0 bridgehead atoms. The first-order valence-electron chi connectivity index (χ1n) is 10.3. The lowest BCUT2D eigenvalue weighted by molar-refractivity contribution is 0.0759. The predicted octanol–water partition coefficient (Wildman–Crippen LogP) is 3.05. The van der Waals surface area contributed by atoms with E-state index >= 15 is 0 Å². The molecule has 4 rings (SSSR count). The van der Waals surface area contributed by atoms with Crippen LogP contribution in [0.5, 0.6) is 5.75 Å². The Morgan fingerprint density at radius 2 is 2.00 bits per heavy atom. The van der Waals surface area contributed by atoms with Gasteiger partial charge in [0.15, 0.2) is 5.82 Å². The second-order valence-electron chi connectivity index (χ2n) is 8.36. The molecule has 3 heterocycles. The molecule has 0 amide bonds. The summed E-state index contributed by atoms with van der Waals surface area (Å²) in [6.07, 6.45) is 3.12. The molecule has 0 aliphatic rings. The number of phenolic OH excluding ortho intramolecular Hbond substituents is 1. The van der Waals surface area contributed by atoms with Gasteiger partial charge in [0.05, 0.1) is 22.9 Å².